The van der Waals surface area contributed by atoms with Crippen molar-refractivity contribution in [2.45, 2.75) is 49.6 Å². The number of nitrogen functional groups attached to an aromatic ring is 1. The Kier molecular flexibility index (Phi) is 9.99. The Morgan fingerprint density at radius 1 is 1.20 bits per heavy atom. The number of benzene rings is 2. The largest absolute Gasteiger partial charge is 0.460 e. The molecule has 14 heteroatoms. The number of aromatic nitrogens is 3. The molecule has 0 amide bonds. The van der Waals surface area contributed by atoms with Crippen LogP contribution in [0.5, 0.6) is 5.75 Å². The molecule has 0 bridgehead atoms. The molecule has 12 nitrogen and oxygen atoms in total. The van der Waals surface area contributed by atoms with E-state index in [1.54, 1.807) is 44.2 Å². The van der Waals surface area contributed by atoms with Gasteiger partial charge in [-0.15, -0.1) is 11.8 Å². The van der Waals surface area contributed by atoms with Gasteiger partial charge in [-0.3, -0.25) is 13.9 Å². The Hall–Kier alpha value is -3.22. The van der Waals surface area contributed by atoms with Gasteiger partial charge in [-0.05, 0) is 23.6 Å². The van der Waals surface area contributed by atoms with Crippen LogP contribution in [-0.2, 0) is 25.2 Å². The molecule has 5 atom stereocenters. The zero-order chi connectivity index (χ0) is 28.7. The number of nitrogens with two attached hydrogens (primary N) is 1. The van der Waals surface area contributed by atoms with E-state index < -0.39 is 42.2 Å². The summed E-state index contributed by atoms with van der Waals surface area (Å²) in [5.41, 5.74) is 5.69. The second-order valence-corrected chi connectivity index (χ2v) is 12.6. The summed E-state index contributed by atoms with van der Waals surface area (Å²) in [6, 6.07) is 16.6. The van der Waals surface area contributed by atoms with Crippen molar-refractivity contribution in [3.8, 4) is 5.75 Å². The van der Waals surface area contributed by atoms with E-state index in [1.165, 1.54) is 22.7 Å². The highest BCUT2D eigenvalue weighted by Crippen LogP contribution is 2.48. The first kappa shape index (κ1) is 29.8. The maximum atomic E-state index is 14.0. The molecule has 1 aromatic heterocycles. The van der Waals surface area contributed by atoms with Gasteiger partial charge in [-0.2, -0.15) is 10.1 Å². The first-order valence-corrected chi connectivity index (χ1v) is 15.1. The number of nitrogens with one attached hydrogen (secondary N) is 1. The number of nitrogens with zero attached hydrogens (tertiary/aromatic N) is 3. The highest BCUT2D eigenvalue weighted by molar-refractivity contribution is 8.00. The number of thioether (sulfide) groups is 1. The summed E-state index contributed by atoms with van der Waals surface area (Å²) in [6.07, 6.45) is 0.600. The molecule has 1 unspecified atom stereocenters. The van der Waals surface area contributed by atoms with Crippen LogP contribution in [-0.4, -0.2) is 49.6 Å². The maximum absolute atomic E-state index is 14.0. The minimum absolute atomic E-state index is 0.0514. The Labute approximate surface area is 235 Å². The molecule has 0 aliphatic carbocycles. The molecule has 40 heavy (non-hydrogen) atoms. The molecule has 1 aliphatic heterocycles. The van der Waals surface area contributed by atoms with E-state index in [0.717, 1.165) is 5.56 Å². The molecule has 1 saturated heterocycles. The molecule has 1 fully saturated rings. The smallest absolute Gasteiger partial charge is 0.459 e. The Morgan fingerprint density at radius 2 is 1.88 bits per heavy atom. The lowest BCUT2D eigenvalue weighted by atomic mass is 10.1. The summed E-state index contributed by atoms with van der Waals surface area (Å²) < 4.78 is 32.4. The van der Waals surface area contributed by atoms with E-state index in [9.17, 15) is 19.3 Å². The fraction of sp³-hybridized carbons (Fsp3) is 0.385. The van der Waals surface area contributed by atoms with Crippen LogP contribution >= 0.6 is 19.5 Å². The number of hydrogen-bond acceptors (Lipinski definition) is 11. The lowest BCUT2D eigenvalue weighted by molar-refractivity contribution is -0.148. The number of aliphatic hydroxyl groups excluding tert-OH is 1. The minimum Gasteiger partial charge on any atom is -0.460 e. The van der Waals surface area contributed by atoms with Crippen LogP contribution in [0.1, 0.15) is 31.2 Å². The summed E-state index contributed by atoms with van der Waals surface area (Å²) in [7, 11) is -4.17. The number of carbonyl (C=O) groups excluding carboxylic acids is 1. The lowest BCUT2D eigenvalue weighted by Gasteiger charge is -2.27. The fourth-order valence-corrected chi connectivity index (χ4v) is 7.14. The number of carbonyl (C=O) groups is 1. The van der Waals surface area contributed by atoms with Crippen LogP contribution < -0.4 is 21.0 Å². The molecular formula is C26H32N5O7PS. The van der Waals surface area contributed by atoms with Gasteiger partial charge in [-0.25, -0.2) is 14.3 Å². The van der Waals surface area contributed by atoms with Gasteiger partial charge in [-0.1, -0.05) is 62.4 Å². The van der Waals surface area contributed by atoms with Gasteiger partial charge < -0.3 is 20.1 Å². The number of esters is 1. The van der Waals surface area contributed by atoms with Crippen LogP contribution in [0.2, 0.25) is 0 Å². The maximum Gasteiger partial charge on any atom is 0.459 e. The van der Waals surface area contributed by atoms with Crippen molar-refractivity contribution in [1.29, 1.82) is 0 Å². The third kappa shape index (κ3) is 7.92. The molecule has 4 rings (SSSR count). The minimum atomic E-state index is -4.17. The van der Waals surface area contributed by atoms with E-state index in [0.29, 0.717) is 0 Å². The molecule has 3 aromatic rings. The molecule has 0 spiro atoms. The molecule has 0 radical (unpaired) electrons. The summed E-state index contributed by atoms with van der Waals surface area (Å²) in [4.78, 5) is 32.8. The van der Waals surface area contributed by atoms with E-state index in [4.69, 9.17) is 19.5 Å². The SMILES string of the molecule is CC(C)[C@H](NP(=O)(OC[C@H]1S[C@@H](n2cnc(N)nc2=O)C[C@H]1O)Oc1ccccc1)C(=O)OCc1ccccc1. The highest BCUT2D eigenvalue weighted by atomic mass is 32.2. The van der Waals surface area contributed by atoms with Gasteiger partial charge in [0.25, 0.3) is 0 Å². The fourth-order valence-electron chi connectivity index (χ4n) is 3.93. The Bertz CT molecular complexity index is 1380. The lowest BCUT2D eigenvalue weighted by Crippen LogP contribution is -2.42. The van der Waals surface area contributed by atoms with E-state index >= 15 is 0 Å². The molecule has 2 aromatic carbocycles. The molecule has 0 saturated carbocycles. The number of ether oxygens (including phenoxy) is 1. The van der Waals surface area contributed by atoms with Crippen molar-refractivity contribution in [2.75, 3.05) is 12.3 Å². The van der Waals surface area contributed by atoms with Crippen LogP contribution in [0.15, 0.2) is 71.8 Å². The van der Waals surface area contributed by atoms with Crippen LogP contribution in [0.25, 0.3) is 0 Å². The van der Waals surface area contributed by atoms with Crippen LogP contribution in [0.3, 0.4) is 0 Å². The molecule has 1 aliphatic rings. The molecular weight excluding hydrogens is 557 g/mol. The summed E-state index contributed by atoms with van der Waals surface area (Å²) in [5, 5.41) is 12.4. The van der Waals surface area contributed by atoms with Crippen LogP contribution in [0.4, 0.5) is 5.95 Å². The van der Waals surface area contributed by atoms with Crippen molar-refractivity contribution in [3.05, 3.63) is 83.0 Å². The van der Waals surface area contributed by atoms with Gasteiger partial charge in [0.05, 0.1) is 23.3 Å². The number of para-hydroxylation sites is 1. The average Bonchev–Trinajstić information content (AvgIpc) is 3.30. The van der Waals surface area contributed by atoms with E-state index in [-0.39, 0.29) is 37.3 Å². The number of aliphatic hydroxyl groups is 1. The third-order valence-corrected chi connectivity index (χ3v) is 9.15. The number of hydrogen-bond donors (Lipinski definition) is 3. The number of rotatable bonds is 12. The molecule has 4 N–H and O–H groups in total. The zero-order valence-corrected chi connectivity index (χ0v) is 23.7. The van der Waals surface area contributed by atoms with Crippen molar-refractivity contribution in [1.82, 2.24) is 19.6 Å². The number of anilines is 1. The quantitative estimate of drug-likeness (QED) is 0.209. The Balaban J connectivity index is 1.47. The first-order chi connectivity index (χ1) is 19.1. The van der Waals surface area contributed by atoms with Gasteiger partial charge in [0.1, 0.15) is 24.7 Å². The monoisotopic (exact) mass is 589 g/mol. The van der Waals surface area contributed by atoms with Gasteiger partial charge in [0.2, 0.25) is 5.95 Å². The zero-order valence-electron chi connectivity index (χ0n) is 22.0. The van der Waals surface area contributed by atoms with Crippen molar-refractivity contribution in [3.63, 3.8) is 0 Å². The van der Waals surface area contributed by atoms with Gasteiger partial charge in [0, 0.05) is 6.42 Å². The van der Waals surface area contributed by atoms with E-state index in [1.807, 2.05) is 30.3 Å². The van der Waals surface area contributed by atoms with Crippen molar-refractivity contribution < 1.29 is 28.3 Å². The predicted molar refractivity (Wildman–Crippen MR) is 150 cm³/mol. The third-order valence-electron chi connectivity index (χ3n) is 6.08. The standard InChI is InChI=1S/C26H32N5O7PS/c1-17(2)23(24(33)36-14-18-9-5-3-6-10-18)30-39(35,38-19-11-7-4-8-12-19)37-15-21-20(32)13-22(40-21)31-16-28-25(27)29-26(31)34/h3-12,16-17,20-23,32H,13-15H2,1-2H3,(H,30,35)(H2,27,29,34)/t20-,21-,22-,23+,39?/m1/s1. The Morgan fingerprint density at radius 3 is 2.52 bits per heavy atom. The van der Waals surface area contributed by atoms with Gasteiger partial charge in [0.15, 0.2) is 0 Å². The normalized spacial score (nSPS) is 21.1. The van der Waals surface area contributed by atoms with E-state index in [2.05, 4.69) is 15.1 Å². The predicted octanol–water partition coefficient (Wildman–Crippen LogP) is 3.15. The second kappa shape index (κ2) is 13.4. The summed E-state index contributed by atoms with van der Waals surface area (Å²) in [6.45, 7) is 3.41. The highest BCUT2D eigenvalue weighted by Gasteiger charge is 2.40. The average molecular weight is 590 g/mol. The first-order valence-electron chi connectivity index (χ1n) is 12.7. The molecule has 214 valence electrons. The van der Waals surface area contributed by atoms with Crippen molar-refractivity contribution in [2.24, 2.45) is 5.92 Å². The summed E-state index contributed by atoms with van der Waals surface area (Å²) in [5.74, 6) is -0.816. The topological polar surface area (TPSA) is 168 Å². The summed E-state index contributed by atoms with van der Waals surface area (Å²) >= 11 is 1.25. The van der Waals surface area contributed by atoms with Gasteiger partial charge >= 0.3 is 19.4 Å². The second-order valence-electron chi connectivity index (χ2n) is 9.48. The van der Waals surface area contributed by atoms with Crippen molar-refractivity contribution >= 4 is 31.4 Å². The van der Waals surface area contributed by atoms with Crippen LogP contribution in [0, 0.1) is 5.92 Å². The molecule has 2 heterocycles.